The fourth-order valence-electron chi connectivity index (χ4n) is 4.58. The van der Waals surface area contributed by atoms with E-state index in [1.54, 1.807) is 6.92 Å². The Morgan fingerprint density at radius 1 is 1.29 bits per heavy atom. The topological polar surface area (TPSA) is 79.9 Å². The third-order valence-electron chi connectivity index (χ3n) is 5.62. The Morgan fingerprint density at radius 2 is 2.10 bits per heavy atom. The van der Waals surface area contributed by atoms with Crippen LogP contribution in [0.2, 0.25) is 0 Å². The lowest BCUT2D eigenvalue weighted by atomic mass is 9.61. The van der Waals surface area contributed by atoms with E-state index in [4.69, 9.17) is 4.74 Å². The van der Waals surface area contributed by atoms with Crippen molar-refractivity contribution in [2.24, 2.45) is 17.8 Å². The normalized spacial score (nSPS) is 35.5. The summed E-state index contributed by atoms with van der Waals surface area (Å²) >= 11 is 0. The predicted octanol–water partition coefficient (Wildman–Crippen LogP) is 1.44. The van der Waals surface area contributed by atoms with Crippen molar-refractivity contribution in [3.8, 4) is 0 Å². The van der Waals surface area contributed by atoms with E-state index < -0.39 is 0 Å². The van der Waals surface area contributed by atoms with E-state index in [9.17, 15) is 4.79 Å². The highest BCUT2D eigenvalue weighted by Gasteiger charge is 2.57. The summed E-state index contributed by atoms with van der Waals surface area (Å²) in [5, 5.41) is 13.6. The predicted molar refractivity (Wildman–Crippen MR) is 75.7 cm³/mol. The monoisotopic (exact) mass is 290 g/mol. The lowest BCUT2D eigenvalue weighted by Crippen LogP contribution is -2.63. The van der Waals surface area contributed by atoms with Crippen LogP contribution in [0.1, 0.15) is 48.3 Å². The van der Waals surface area contributed by atoms with Crippen LogP contribution in [0.3, 0.4) is 0 Å². The van der Waals surface area contributed by atoms with Crippen molar-refractivity contribution in [1.29, 1.82) is 0 Å². The molecule has 0 bridgehead atoms. The molecule has 1 aliphatic heterocycles. The van der Waals surface area contributed by atoms with Crippen LogP contribution < -0.4 is 5.32 Å². The zero-order valence-corrected chi connectivity index (χ0v) is 12.3. The molecule has 0 radical (unpaired) electrons. The first-order chi connectivity index (χ1) is 10.3. The molecule has 4 atom stereocenters. The summed E-state index contributed by atoms with van der Waals surface area (Å²) in [5.41, 5.74) is 1.07. The molecule has 4 rings (SSSR count). The Morgan fingerprint density at radius 3 is 2.81 bits per heavy atom. The number of fused-ring (bicyclic) bond motifs is 1. The van der Waals surface area contributed by atoms with E-state index in [1.165, 1.54) is 25.7 Å². The van der Waals surface area contributed by atoms with Gasteiger partial charge in [-0.05, 0) is 19.3 Å². The standard InChI is InChI=1S/C15H22N4O2/c1-8-12(18-19-17-8)15(20)16-13-10-6-7-21-14(10)11(13)9-4-2-3-5-9/h9-11,13-14H,2-7H2,1H3,(H,16,20)(H,17,18,19)/t10-,11+,13+,14-/m0/s1. The number of hydrogen-bond acceptors (Lipinski definition) is 4. The molecule has 3 fully saturated rings. The summed E-state index contributed by atoms with van der Waals surface area (Å²) in [6, 6.07) is 0.254. The smallest absolute Gasteiger partial charge is 0.273 e. The highest BCUT2D eigenvalue weighted by Crippen LogP contribution is 2.51. The van der Waals surface area contributed by atoms with Crippen molar-refractivity contribution in [1.82, 2.24) is 20.7 Å². The maximum Gasteiger partial charge on any atom is 0.273 e. The number of nitrogens with one attached hydrogen (secondary N) is 2. The number of aromatic nitrogens is 3. The molecular formula is C15H22N4O2. The van der Waals surface area contributed by atoms with Gasteiger partial charge in [-0.2, -0.15) is 15.4 Å². The molecule has 1 amide bonds. The number of nitrogens with zero attached hydrogens (tertiary/aromatic N) is 2. The summed E-state index contributed by atoms with van der Waals surface area (Å²) in [6.07, 6.45) is 6.65. The molecule has 2 heterocycles. The van der Waals surface area contributed by atoms with Gasteiger partial charge in [0.1, 0.15) is 0 Å². The van der Waals surface area contributed by atoms with Crippen LogP contribution >= 0.6 is 0 Å². The van der Waals surface area contributed by atoms with E-state index in [1.807, 2.05) is 0 Å². The summed E-state index contributed by atoms with van der Waals surface area (Å²) in [6.45, 7) is 2.64. The molecule has 0 spiro atoms. The van der Waals surface area contributed by atoms with Crippen LogP contribution in [0.15, 0.2) is 0 Å². The van der Waals surface area contributed by atoms with E-state index in [2.05, 4.69) is 20.7 Å². The van der Waals surface area contributed by atoms with Crippen molar-refractivity contribution in [3.63, 3.8) is 0 Å². The van der Waals surface area contributed by atoms with Gasteiger partial charge in [-0.25, -0.2) is 0 Å². The Hall–Kier alpha value is -1.43. The second-order valence-electron chi connectivity index (χ2n) is 6.67. The highest BCUT2D eigenvalue weighted by atomic mass is 16.5. The Bertz CT molecular complexity index is 533. The first-order valence-corrected chi connectivity index (χ1v) is 8.05. The summed E-state index contributed by atoms with van der Waals surface area (Å²) < 4.78 is 5.92. The van der Waals surface area contributed by atoms with Gasteiger partial charge in [0.05, 0.1) is 11.8 Å². The number of amides is 1. The lowest BCUT2D eigenvalue weighted by molar-refractivity contribution is -0.0784. The maximum atomic E-state index is 12.4. The number of hydrogen-bond donors (Lipinski definition) is 2. The molecule has 2 saturated carbocycles. The van der Waals surface area contributed by atoms with Crippen LogP contribution in [-0.2, 0) is 4.74 Å². The number of aromatic amines is 1. The molecule has 0 unspecified atom stereocenters. The average molecular weight is 290 g/mol. The fourth-order valence-corrected chi connectivity index (χ4v) is 4.58. The van der Waals surface area contributed by atoms with Crippen molar-refractivity contribution in [2.45, 2.75) is 51.2 Å². The summed E-state index contributed by atoms with van der Waals surface area (Å²) in [4.78, 5) is 12.4. The van der Waals surface area contributed by atoms with Crippen LogP contribution in [-0.4, -0.2) is 40.1 Å². The minimum atomic E-state index is -0.0976. The lowest BCUT2D eigenvalue weighted by Gasteiger charge is -2.50. The van der Waals surface area contributed by atoms with Crippen molar-refractivity contribution in [3.05, 3.63) is 11.4 Å². The number of carbonyl (C=O) groups is 1. The molecule has 114 valence electrons. The Balaban J connectivity index is 1.50. The average Bonchev–Trinajstić information content (AvgIpc) is 3.17. The van der Waals surface area contributed by atoms with E-state index >= 15 is 0 Å². The minimum absolute atomic E-state index is 0.0976. The van der Waals surface area contributed by atoms with Crippen molar-refractivity contribution < 1.29 is 9.53 Å². The van der Waals surface area contributed by atoms with Crippen molar-refractivity contribution >= 4 is 5.91 Å². The van der Waals surface area contributed by atoms with Crippen LogP contribution in [0.4, 0.5) is 0 Å². The number of carbonyl (C=O) groups excluding carboxylic acids is 1. The zero-order valence-electron chi connectivity index (χ0n) is 12.3. The first kappa shape index (κ1) is 13.2. The Kier molecular flexibility index (Phi) is 3.21. The number of ether oxygens (including phenoxy) is 1. The van der Waals surface area contributed by atoms with E-state index in [0.29, 0.717) is 35.2 Å². The van der Waals surface area contributed by atoms with Gasteiger partial charge in [0.2, 0.25) is 0 Å². The molecular weight excluding hydrogens is 268 g/mol. The fraction of sp³-hybridized carbons (Fsp3) is 0.800. The third kappa shape index (κ3) is 2.08. The van der Waals surface area contributed by atoms with E-state index in [-0.39, 0.29) is 11.9 Å². The van der Waals surface area contributed by atoms with Gasteiger partial charge in [-0.1, -0.05) is 25.7 Å². The second kappa shape index (κ2) is 5.09. The van der Waals surface area contributed by atoms with Crippen LogP contribution in [0.5, 0.6) is 0 Å². The molecule has 6 nitrogen and oxygen atoms in total. The number of aryl methyl sites for hydroxylation is 1. The molecule has 1 aromatic heterocycles. The zero-order chi connectivity index (χ0) is 14.4. The van der Waals surface area contributed by atoms with Crippen LogP contribution in [0.25, 0.3) is 0 Å². The molecule has 6 heteroatoms. The van der Waals surface area contributed by atoms with E-state index in [0.717, 1.165) is 13.0 Å². The molecule has 21 heavy (non-hydrogen) atoms. The van der Waals surface area contributed by atoms with Crippen LogP contribution in [0, 0.1) is 24.7 Å². The number of rotatable bonds is 3. The van der Waals surface area contributed by atoms with Gasteiger partial charge in [0.25, 0.3) is 5.91 Å². The molecule has 2 N–H and O–H groups in total. The SMILES string of the molecule is Cc1n[nH]nc1C(=O)N[C@@H]1[C@@H]2CCO[C@@H]2[C@@H]1C1CCCC1. The molecule has 3 aliphatic rings. The molecule has 1 aromatic rings. The minimum Gasteiger partial charge on any atom is -0.377 e. The van der Waals surface area contributed by atoms with Gasteiger partial charge < -0.3 is 10.1 Å². The molecule has 1 saturated heterocycles. The van der Waals surface area contributed by atoms with Gasteiger partial charge in [-0.3, -0.25) is 4.79 Å². The first-order valence-electron chi connectivity index (χ1n) is 8.05. The maximum absolute atomic E-state index is 12.4. The largest absolute Gasteiger partial charge is 0.377 e. The van der Waals surface area contributed by atoms with Gasteiger partial charge in [0.15, 0.2) is 5.69 Å². The summed E-state index contributed by atoms with van der Waals surface area (Å²) in [5.74, 6) is 1.61. The molecule has 2 aliphatic carbocycles. The van der Waals surface area contributed by atoms with Crippen molar-refractivity contribution in [2.75, 3.05) is 6.61 Å². The Labute approximate surface area is 124 Å². The van der Waals surface area contributed by atoms with Gasteiger partial charge in [0, 0.05) is 24.5 Å². The van der Waals surface area contributed by atoms with Gasteiger partial charge >= 0.3 is 0 Å². The quantitative estimate of drug-likeness (QED) is 0.882. The van der Waals surface area contributed by atoms with Gasteiger partial charge in [-0.15, -0.1) is 0 Å². The highest BCUT2D eigenvalue weighted by molar-refractivity contribution is 5.93. The summed E-state index contributed by atoms with van der Waals surface area (Å²) in [7, 11) is 0. The third-order valence-corrected chi connectivity index (χ3v) is 5.62. The number of H-pyrrole nitrogens is 1. The second-order valence-corrected chi connectivity index (χ2v) is 6.67. The molecule has 0 aromatic carbocycles.